The minimum Gasteiger partial charge on any atom is -0.482 e. The lowest BCUT2D eigenvalue weighted by atomic mass is 9.96. The highest BCUT2D eigenvalue weighted by Gasteiger charge is 2.35. The van der Waals surface area contributed by atoms with Gasteiger partial charge < -0.3 is 19.7 Å². The number of benzene rings is 4. The zero-order valence-corrected chi connectivity index (χ0v) is 31.6. The summed E-state index contributed by atoms with van der Waals surface area (Å²) in [5.74, 6) is 13.1. The fraction of sp³-hybridized carbons (Fsp3) is 0.227. The number of hydrogen-bond donors (Lipinski definition) is 2. The van der Waals surface area contributed by atoms with Crippen molar-refractivity contribution in [1.82, 2.24) is 0 Å². The highest BCUT2D eigenvalue weighted by molar-refractivity contribution is 7.99. The van der Waals surface area contributed by atoms with E-state index in [-0.39, 0.29) is 6.61 Å². The Morgan fingerprint density at radius 1 is 0.750 bits per heavy atom. The third-order valence-corrected chi connectivity index (χ3v) is 9.79. The molecule has 0 heterocycles. The van der Waals surface area contributed by atoms with Gasteiger partial charge in [-0.25, -0.2) is 9.59 Å². The normalized spacial score (nSPS) is 12.5. The summed E-state index contributed by atoms with van der Waals surface area (Å²) in [5, 5.41) is 18.4. The van der Waals surface area contributed by atoms with Crippen LogP contribution in [0.15, 0.2) is 124 Å². The van der Waals surface area contributed by atoms with E-state index in [4.69, 9.17) is 14.6 Å². The molecule has 4 rings (SSSR count). The van der Waals surface area contributed by atoms with E-state index in [9.17, 15) is 14.7 Å². The van der Waals surface area contributed by atoms with Crippen LogP contribution in [0.2, 0.25) is 0 Å². The van der Waals surface area contributed by atoms with Crippen LogP contribution in [0.25, 0.3) is 11.1 Å². The maximum Gasteiger partial charge on any atom is 0.341 e. The van der Waals surface area contributed by atoms with Gasteiger partial charge in [-0.15, -0.1) is 23.5 Å². The average Bonchev–Trinajstić information content (AvgIpc) is 3.13. The largest absolute Gasteiger partial charge is 0.482 e. The van der Waals surface area contributed by atoms with Gasteiger partial charge in [0.05, 0.1) is 0 Å². The number of hydrogen-bond acceptors (Lipinski definition) is 6. The van der Waals surface area contributed by atoms with Gasteiger partial charge in [0.2, 0.25) is 0 Å². The zero-order chi connectivity index (χ0) is 37.5. The number of carbonyl (C=O) groups is 2. The molecule has 0 spiro atoms. The first-order valence-corrected chi connectivity index (χ1v) is 18.7. The van der Waals surface area contributed by atoms with Crippen LogP contribution in [-0.2, 0) is 19.9 Å². The molecule has 0 saturated carbocycles. The maximum absolute atomic E-state index is 11.8. The minimum atomic E-state index is -1.36. The van der Waals surface area contributed by atoms with E-state index in [2.05, 4.69) is 60.1 Å². The lowest BCUT2D eigenvalue weighted by molar-refractivity contribution is -0.164. The Morgan fingerprint density at radius 2 is 1.25 bits per heavy atom. The smallest absolute Gasteiger partial charge is 0.341 e. The Bertz CT molecular complexity index is 2040. The van der Waals surface area contributed by atoms with Gasteiger partial charge in [0, 0.05) is 39.0 Å². The lowest BCUT2D eigenvalue weighted by Gasteiger charge is -2.25. The van der Waals surface area contributed by atoms with Crippen molar-refractivity contribution in [2.24, 2.45) is 0 Å². The molecule has 4 aromatic rings. The van der Waals surface area contributed by atoms with Crippen LogP contribution >= 0.6 is 23.5 Å². The second kappa shape index (κ2) is 19.5. The van der Waals surface area contributed by atoms with Gasteiger partial charge in [-0.1, -0.05) is 72.2 Å². The Labute approximate surface area is 315 Å². The highest BCUT2D eigenvalue weighted by atomic mass is 32.2. The summed E-state index contributed by atoms with van der Waals surface area (Å²) >= 11 is 3.34. The number of aryl methyl sites for hydroxylation is 1. The fourth-order valence-electron chi connectivity index (χ4n) is 4.90. The lowest BCUT2D eigenvalue weighted by Crippen LogP contribution is -2.35. The number of rotatable bonds is 14. The van der Waals surface area contributed by atoms with Crippen LogP contribution in [0.1, 0.15) is 49.9 Å². The third-order valence-electron chi connectivity index (χ3n) is 7.93. The molecule has 0 aliphatic heterocycles. The molecule has 52 heavy (non-hydrogen) atoms. The number of thioether (sulfide) groups is 2. The van der Waals surface area contributed by atoms with Crippen molar-refractivity contribution in [2.75, 3.05) is 24.7 Å². The van der Waals surface area contributed by atoms with Gasteiger partial charge in [0.15, 0.2) is 12.2 Å². The first kappa shape index (κ1) is 39.7. The Balaban J connectivity index is 1.25. The van der Waals surface area contributed by atoms with Gasteiger partial charge >= 0.3 is 11.9 Å². The first-order valence-electron chi connectivity index (χ1n) is 16.7. The van der Waals surface area contributed by atoms with Crippen LogP contribution in [0.5, 0.6) is 5.75 Å². The molecular formula is C44H42O6S2. The third kappa shape index (κ3) is 12.0. The Hall–Kier alpha value is -5.12. The van der Waals surface area contributed by atoms with Crippen molar-refractivity contribution in [3.05, 3.63) is 137 Å². The predicted octanol–water partition coefficient (Wildman–Crippen LogP) is 9.64. The van der Waals surface area contributed by atoms with E-state index in [1.807, 2.05) is 87.5 Å². The number of allylic oxidation sites excluding steroid dienone is 2. The van der Waals surface area contributed by atoms with Crippen molar-refractivity contribution in [3.63, 3.8) is 0 Å². The SMILES string of the molecule is CCOC(C)(C(=O)O)c1ccc(SCC=C(C)C#Cc2ccc(-c3ccc(C#CC(C)=CCSc4ccc(OCC(=O)O)c(C)c4)cc3)cc2)cc1. The van der Waals surface area contributed by atoms with Crippen molar-refractivity contribution >= 4 is 35.5 Å². The Morgan fingerprint density at radius 3 is 1.71 bits per heavy atom. The van der Waals surface area contributed by atoms with Gasteiger partial charge in [0.1, 0.15) is 5.75 Å². The molecule has 0 aliphatic carbocycles. The second-order valence-corrected chi connectivity index (χ2v) is 14.1. The van der Waals surface area contributed by atoms with Crippen molar-refractivity contribution < 1.29 is 29.3 Å². The van der Waals surface area contributed by atoms with Crippen molar-refractivity contribution in [2.45, 2.75) is 50.0 Å². The maximum atomic E-state index is 11.8. The molecule has 6 nitrogen and oxygen atoms in total. The number of aliphatic carboxylic acids is 2. The summed E-state index contributed by atoms with van der Waals surface area (Å²) in [6.45, 7) is 9.24. The van der Waals surface area contributed by atoms with E-state index in [0.29, 0.717) is 17.9 Å². The quantitative estimate of drug-likeness (QED) is 0.0979. The molecule has 0 aliphatic rings. The molecule has 0 bridgehead atoms. The summed E-state index contributed by atoms with van der Waals surface area (Å²) in [5.41, 5.74) is 6.23. The molecule has 0 radical (unpaired) electrons. The molecule has 0 fully saturated rings. The molecule has 2 N–H and O–H groups in total. The molecule has 8 heteroatoms. The van der Waals surface area contributed by atoms with Crippen LogP contribution < -0.4 is 4.74 Å². The predicted molar refractivity (Wildman–Crippen MR) is 212 cm³/mol. The monoisotopic (exact) mass is 730 g/mol. The molecule has 0 aromatic heterocycles. The molecular weight excluding hydrogens is 689 g/mol. The van der Waals surface area contributed by atoms with Gasteiger partial charge in [-0.05, 0) is 123 Å². The molecule has 4 aromatic carbocycles. The van der Waals surface area contributed by atoms with Crippen LogP contribution in [-0.4, -0.2) is 46.9 Å². The molecule has 1 atom stereocenters. The standard InChI is InChI=1S/C44H42O6S2/c1-6-50-44(5,43(47)48)38-19-21-39(22-20-38)51-27-25-31(2)7-9-34-11-15-36(16-12-34)37-17-13-35(14-18-37)10-8-32(3)26-28-52-40-23-24-41(33(4)29-40)49-30-42(45)46/h11-26,29H,6,27-28,30H2,1-5H3,(H,45,46)(H,47,48). The minimum absolute atomic E-state index is 0.316. The van der Waals surface area contributed by atoms with Crippen molar-refractivity contribution in [1.29, 1.82) is 0 Å². The van der Waals surface area contributed by atoms with Gasteiger partial charge in [-0.3, -0.25) is 0 Å². The highest BCUT2D eigenvalue weighted by Crippen LogP contribution is 2.29. The number of carboxylic acid groups (broad SMARTS) is 2. The van der Waals surface area contributed by atoms with Crippen LogP contribution in [0, 0.1) is 30.6 Å². The number of carboxylic acids is 2. The van der Waals surface area contributed by atoms with E-state index in [1.165, 1.54) is 0 Å². The van der Waals surface area contributed by atoms with Crippen molar-refractivity contribution in [3.8, 4) is 40.6 Å². The molecule has 0 amide bonds. The number of ether oxygens (including phenoxy) is 2. The van der Waals surface area contributed by atoms with Crippen LogP contribution in [0.4, 0.5) is 0 Å². The van der Waals surface area contributed by atoms with Gasteiger partial charge in [-0.2, -0.15) is 0 Å². The summed E-state index contributed by atoms with van der Waals surface area (Å²) in [7, 11) is 0. The molecule has 0 saturated heterocycles. The van der Waals surface area contributed by atoms with E-state index >= 15 is 0 Å². The zero-order valence-electron chi connectivity index (χ0n) is 30.0. The van der Waals surface area contributed by atoms with E-state index < -0.39 is 17.5 Å². The second-order valence-electron chi connectivity index (χ2n) is 12.0. The summed E-state index contributed by atoms with van der Waals surface area (Å²) in [6.07, 6.45) is 4.19. The van der Waals surface area contributed by atoms with Gasteiger partial charge in [0.25, 0.3) is 0 Å². The first-order chi connectivity index (χ1) is 25.0. The average molecular weight is 731 g/mol. The Kier molecular flexibility index (Phi) is 14.9. The summed E-state index contributed by atoms with van der Waals surface area (Å²) in [6, 6.07) is 29.6. The molecule has 266 valence electrons. The van der Waals surface area contributed by atoms with E-state index in [0.717, 1.165) is 60.3 Å². The fourth-order valence-corrected chi connectivity index (χ4v) is 6.71. The topological polar surface area (TPSA) is 93.1 Å². The molecule has 1 unspecified atom stereocenters. The summed E-state index contributed by atoms with van der Waals surface area (Å²) < 4.78 is 10.8. The summed E-state index contributed by atoms with van der Waals surface area (Å²) in [4.78, 5) is 24.6. The van der Waals surface area contributed by atoms with Crippen LogP contribution in [0.3, 0.4) is 0 Å². The van der Waals surface area contributed by atoms with E-state index in [1.54, 1.807) is 37.4 Å².